The van der Waals surface area contributed by atoms with Crippen molar-refractivity contribution in [2.24, 2.45) is 0 Å². The molecule has 0 saturated carbocycles. The number of nitrogens with zero attached hydrogens (tertiary/aromatic N) is 2. The Morgan fingerprint density at radius 2 is 1.71 bits per heavy atom. The van der Waals surface area contributed by atoms with Crippen LogP contribution in [0.3, 0.4) is 0 Å². The molecule has 28 heavy (non-hydrogen) atoms. The second kappa shape index (κ2) is 8.43. The van der Waals surface area contributed by atoms with Gasteiger partial charge >= 0.3 is 12.2 Å². The minimum atomic E-state index is -1.30. The molecule has 0 radical (unpaired) electrons. The Hall–Kier alpha value is -1.57. The van der Waals surface area contributed by atoms with Crippen LogP contribution in [0.5, 0.6) is 0 Å². The van der Waals surface area contributed by atoms with E-state index < -0.39 is 13.7 Å². The summed E-state index contributed by atoms with van der Waals surface area (Å²) in [5, 5.41) is 0. The molecular formula is C20H36N2O5Si. The summed E-state index contributed by atoms with van der Waals surface area (Å²) >= 11 is 0. The Bertz CT molecular complexity index is 611. The number of hydrogen-bond donors (Lipinski definition) is 0. The summed E-state index contributed by atoms with van der Waals surface area (Å²) in [5.41, 5.74) is -0.584. The summed E-state index contributed by atoms with van der Waals surface area (Å²) in [6.45, 7) is 14.5. The van der Waals surface area contributed by atoms with Crippen molar-refractivity contribution in [3.8, 4) is 0 Å². The third-order valence-electron chi connectivity index (χ3n) is 5.21. The fraction of sp³-hybridized carbons (Fsp3) is 0.850. The van der Waals surface area contributed by atoms with E-state index in [1.807, 2.05) is 20.8 Å². The van der Waals surface area contributed by atoms with Crippen molar-refractivity contribution < 1.29 is 23.9 Å². The quantitative estimate of drug-likeness (QED) is 0.640. The highest BCUT2D eigenvalue weighted by molar-refractivity contribution is 6.76. The summed E-state index contributed by atoms with van der Waals surface area (Å²) in [7, 11) is -1.30. The first-order chi connectivity index (χ1) is 12.8. The average molecular weight is 413 g/mol. The normalized spacial score (nSPS) is 24.9. The monoisotopic (exact) mass is 412 g/mol. The van der Waals surface area contributed by atoms with Crippen LogP contribution in [0.15, 0.2) is 0 Å². The number of carbonyl (C=O) groups excluding carboxylic acids is 3. The third kappa shape index (κ3) is 5.96. The van der Waals surface area contributed by atoms with E-state index in [4.69, 9.17) is 9.47 Å². The predicted molar refractivity (Wildman–Crippen MR) is 110 cm³/mol. The summed E-state index contributed by atoms with van der Waals surface area (Å²) < 4.78 is 11.1. The lowest BCUT2D eigenvalue weighted by molar-refractivity contribution is -0.119. The molecule has 7 nitrogen and oxygen atoms in total. The summed E-state index contributed by atoms with van der Waals surface area (Å²) in [6, 6.07) is 0.249. The van der Waals surface area contributed by atoms with Crippen LogP contribution in [0.4, 0.5) is 9.59 Å². The minimum Gasteiger partial charge on any atom is -0.450 e. The van der Waals surface area contributed by atoms with Crippen molar-refractivity contribution in [2.75, 3.05) is 13.2 Å². The zero-order valence-electron chi connectivity index (χ0n) is 18.4. The van der Waals surface area contributed by atoms with Crippen molar-refractivity contribution in [3.63, 3.8) is 0 Å². The minimum absolute atomic E-state index is 0.000567. The fourth-order valence-electron chi connectivity index (χ4n) is 3.92. The van der Waals surface area contributed by atoms with Gasteiger partial charge in [-0.3, -0.25) is 9.69 Å². The van der Waals surface area contributed by atoms with Gasteiger partial charge < -0.3 is 14.4 Å². The summed E-state index contributed by atoms with van der Waals surface area (Å²) in [5.74, 6) is -0.000567. The number of rotatable bonds is 5. The van der Waals surface area contributed by atoms with Gasteiger partial charge in [0, 0.05) is 21.0 Å². The highest BCUT2D eigenvalue weighted by Crippen LogP contribution is 2.37. The lowest BCUT2D eigenvalue weighted by atomic mass is 9.98. The van der Waals surface area contributed by atoms with Gasteiger partial charge in [0.1, 0.15) is 11.4 Å². The maximum atomic E-state index is 12.8. The van der Waals surface area contributed by atoms with Gasteiger partial charge in [-0.05, 0) is 46.6 Å². The van der Waals surface area contributed by atoms with E-state index in [1.165, 1.54) is 6.92 Å². The number of fused-ring (bicyclic) bond motifs is 2. The molecule has 2 amide bonds. The van der Waals surface area contributed by atoms with Gasteiger partial charge in [-0.25, -0.2) is 9.59 Å². The fourth-order valence-corrected chi connectivity index (χ4v) is 4.63. The summed E-state index contributed by atoms with van der Waals surface area (Å²) in [4.78, 5) is 40.9. The number of likely N-dealkylation sites (tertiary alicyclic amines) is 1. The van der Waals surface area contributed by atoms with E-state index >= 15 is 0 Å². The van der Waals surface area contributed by atoms with Crippen LogP contribution in [0.1, 0.15) is 47.0 Å². The van der Waals surface area contributed by atoms with E-state index in [0.717, 1.165) is 18.9 Å². The van der Waals surface area contributed by atoms with Gasteiger partial charge in [-0.15, -0.1) is 0 Å². The molecule has 2 rings (SSSR count). The second-order valence-electron chi connectivity index (χ2n) is 10.2. The molecule has 2 heterocycles. The van der Waals surface area contributed by atoms with Crippen LogP contribution in [0, 0.1) is 0 Å². The number of hydrogen-bond acceptors (Lipinski definition) is 5. The second-order valence-corrected chi connectivity index (χ2v) is 15.9. The molecular weight excluding hydrogens is 376 g/mol. The van der Waals surface area contributed by atoms with Gasteiger partial charge in [0.15, 0.2) is 0 Å². The predicted octanol–water partition coefficient (Wildman–Crippen LogP) is 3.89. The molecule has 0 aromatic heterocycles. The number of amides is 2. The Balaban J connectivity index is 2.13. The van der Waals surface area contributed by atoms with Crippen LogP contribution in [-0.4, -0.2) is 72.7 Å². The van der Waals surface area contributed by atoms with Gasteiger partial charge in [0.05, 0.1) is 24.7 Å². The van der Waals surface area contributed by atoms with Gasteiger partial charge in [0.25, 0.3) is 0 Å². The lowest BCUT2D eigenvalue weighted by Gasteiger charge is -2.46. The van der Waals surface area contributed by atoms with Gasteiger partial charge in [-0.1, -0.05) is 19.6 Å². The van der Waals surface area contributed by atoms with E-state index in [9.17, 15) is 14.4 Å². The van der Waals surface area contributed by atoms with E-state index in [0.29, 0.717) is 13.2 Å². The number of ether oxygens (including phenoxy) is 2. The molecule has 0 aliphatic carbocycles. The molecule has 3 atom stereocenters. The largest absolute Gasteiger partial charge is 0.450 e. The molecule has 0 spiro atoms. The number of Topliss-reactive ketones (excluding diaryl/α,β-unsaturated/α-hetero) is 1. The number of piperazine rings is 1. The Kier molecular flexibility index (Phi) is 6.84. The third-order valence-corrected chi connectivity index (χ3v) is 6.92. The number of ketones is 1. The Labute approximate surface area is 169 Å². The highest BCUT2D eigenvalue weighted by Gasteiger charge is 2.51. The van der Waals surface area contributed by atoms with Crippen LogP contribution in [0.25, 0.3) is 0 Å². The van der Waals surface area contributed by atoms with Crippen molar-refractivity contribution in [3.05, 3.63) is 0 Å². The van der Waals surface area contributed by atoms with Crippen molar-refractivity contribution in [2.45, 2.75) is 96.4 Å². The van der Waals surface area contributed by atoms with Crippen LogP contribution < -0.4 is 0 Å². The Morgan fingerprint density at radius 1 is 1.07 bits per heavy atom. The first-order valence-electron chi connectivity index (χ1n) is 10.2. The maximum absolute atomic E-state index is 12.8. The molecule has 0 aromatic rings. The number of carbonyl (C=O) groups is 3. The zero-order valence-corrected chi connectivity index (χ0v) is 19.4. The van der Waals surface area contributed by atoms with E-state index in [1.54, 1.807) is 9.80 Å². The van der Waals surface area contributed by atoms with Gasteiger partial charge in [-0.2, -0.15) is 0 Å². The first kappa shape index (κ1) is 22.7. The molecule has 0 N–H and O–H groups in total. The van der Waals surface area contributed by atoms with Crippen molar-refractivity contribution in [1.82, 2.24) is 9.80 Å². The highest BCUT2D eigenvalue weighted by atomic mass is 28.3. The molecule has 160 valence electrons. The smallest absolute Gasteiger partial charge is 0.410 e. The summed E-state index contributed by atoms with van der Waals surface area (Å²) in [6.07, 6.45) is 1.06. The van der Waals surface area contributed by atoms with Crippen LogP contribution in [0.2, 0.25) is 25.7 Å². The first-order valence-corrected chi connectivity index (χ1v) is 13.9. The molecule has 0 unspecified atom stereocenters. The lowest BCUT2D eigenvalue weighted by Crippen LogP contribution is -2.63. The van der Waals surface area contributed by atoms with Crippen molar-refractivity contribution in [1.29, 1.82) is 0 Å². The molecule has 2 aliphatic rings. The SMILES string of the molecule is CC(=O)C[C@@H]1[C@@H]2CC[C@H](CN1C(=O)OCC[Si](C)(C)C)N2C(=O)OC(C)(C)C. The average Bonchev–Trinajstić information content (AvgIpc) is 2.83. The Morgan fingerprint density at radius 3 is 2.25 bits per heavy atom. The molecule has 2 fully saturated rings. The zero-order chi connectivity index (χ0) is 21.3. The molecule has 8 heteroatoms. The molecule has 2 bridgehead atoms. The molecule has 2 saturated heterocycles. The van der Waals surface area contributed by atoms with Crippen LogP contribution >= 0.6 is 0 Å². The van der Waals surface area contributed by atoms with Crippen molar-refractivity contribution >= 4 is 26.0 Å². The topological polar surface area (TPSA) is 76.2 Å². The standard InChI is InChI=1S/C20H36N2O5Si/c1-14(23)12-17-16-9-8-15(22(16)19(25)27-20(2,3)4)13-21(17)18(24)26-10-11-28(5,6)7/h15-17H,8-13H2,1-7H3/t15-,16+,17-/m1/s1. The van der Waals surface area contributed by atoms with Crippen LogP contribution in [-0.2, 0) is 14.3 Å². The molecule has 0 aromatic carbocycles. The van der Waals surface area contributed by atoms with E-state index in [-0.39, 0.29) is 42.5 Å². The van der Waals surface area contributed by atoms with Gasteiger partial charge in [0.2, 0.25) is 0 Å². The maximum Gasteiger partial charge on any atom is 0.410 e. The molecule has 2 aliphatic heterocycles. The van der Waals surface area contributed by atoms with E-state index in [2.05, 4.69) is 19.6 Å².